The molecule has 0 spiro atoms. The van der Waals surface area contributed by atoms with Gasteiger partial charge in [-0.25, -0.2) is 4.79 Å². The van der Waals surface area contributed by atoms with Crippen LogP contribution in [0.1, 0.15) is 10.5 Å². The van der Waals surface area contributed by atoms with Crippen molar-refractivity contribution in [1.29, 1.82) is 0 Å². The van der Waals surface area contributed by atoms with Crippen LogP contribution in [0.4, 0.5) is 5.69 Å². The zero-order valence-corrected chi connectivity index (χ0v) is 12.4. The molecule has 4 aromatic rings. The van der Waals surface area contributed by atoms with Crippen LogP contribution in [-0.4, -0.2) is 15.9 Å². The largest absolute Gasteiger partial charge is 0.417 e. The first-order chi connectivity index (χ1) is 11.1. The van der Waals surface area contributed by atoms with Gasteiger partial charge in [-0.05, 0) is 42.5 Å². The highest BCUT2D eigenvalue weighted by atomic mass is 35.5. The fourth-order valence-corrected chi connectivity index (χ4v) is 2.63. The predicted molar refractivity (Wildman–Crippen MR) is 88.1 cm³/mol. The topological polar surface area (TPSA) is 90.9 Å². The third-order valence-electron chi connectivity index (χ3n) is 3.50. The SMILES string of the molecule is O=C(Nc1ccc2oc(=O)[nH]c2c1)c1cc2cc(Cl)ccc2[nH]1. The van der Waals surface area contributed by atoms with Gasteiger partial charge >= 0.3 is 5.76 Å². The molecule has 0 saturated heterocycles. The Morgan fingerprint density at radius 1 is 1.04 bits per heavy atom. The van der Waals surface area contributed by atoms with Crippen LogP contribution in [-0.2, 0) is 0 Å². The van der Waals surface area contributed by atoms with E-state index in [1.54, 1.807) is 36.4 Å². The highest BCUT2D eigenvalue weighted by Gasteiger charge is 2.11. The number of aromatic nitrogens is 2. The van der Waals surface area contributed by atoms with Gasteiger partial charge in [-0.1, -0.05) is 11.6 Å². The standard InChI is InChI=1S/C16H10ClN3O3/c17-9-1-3-11-8(5-9)6-13(19-11)15(21)18-10-2-4-14-12(7-10)20-16(22)23-14/h1-7,19H,(H,18,21)(H,20,22). The summed E-state index contributed by atoms with van der Waals surface area (Å²) in [5.74, 6) is -0.821. The Kier molecular flexibility index (Phi) is 2.99. The zero-order chi connectivity index (χ0) is 16.0. The number of hydrogen-bond donors (Lipinski definition) is 3. The van der Waals surface area contributed by atoms with Gasteiger partial charge in [-0.2, -0.15) is 0 Å². The number of H-pyrrole nitrogens is 2. The fourth-order valence-electron chi connectivity index (χ4n) is 2.45. The van der Waals surface area contributed by atoms with Crippen molar-refractivity contribution in [3.05, 3.63) is 63.7 Å². The van der Waals surface area contributed by atoms with Gasteiger partial charge in [0, 0.05) is 21.6 Å². The maximum atomic E-state index is 12.3. The summed E-state index contributed by atoms with van der Waals surface area (Å²) >= 11 is 5.94. The molecule has 0 aliphatic rings. The molecule has 1 amide bonds. The van der Waals surface area contributed by atoms with Gasteiger partial charge < -0.3 is 14.7 Å². The quantitative estimate of drug-likeness (QED) is 0.526. The molecule has 0 saturated carbocycles. The number of amides is 1. The van der Waals surface area contributed by atoms with Crippen molar-refractivity contribution >= 4 is 45.2 Å². The Bertz CT molecular complexity index is 1110. The van der Waals surface area contributed by atoms with E-state index in [0.717, 1.165) is 10.9 Å². The smallest absolute Gasteiger partial charge is 0.408 e. The lowest BCUT2D eigenvalue weighted by Crippen LogP contribution is -2.12. The number of benzene rings is 2. The molecule has 0 fully saturated rings. The van der Waals surface area contributed by atoms with E-state index in [0.29, 0.717) is 27.5 Å². The first kappa shape index (κ1) is 13.7. The van der Waals surface area contributed by atoms with Crippen molar-refractivity contribution in [3.63, 3.8) is 0 Å². The summed E-state index contributed by atoms with van der Waals surface area (Å²) in [6.07, 6.45) is 0. The lowest BCUT2D eigenvalue weighted by Gasteiger charge is -2.03. The maximum Gasteiger partial charge on any atom is 0.417 e. The third-order valence-corrected chi connectivity index (χ3v) is 3.74. The first-order valence-corrected chi connectivity index (χ1v) is 7.19. The number of carbonyl (C=O) groups is 1. The summed E-state index contributed by atoms with van der Waals surface area (Å²) in [6, 6.07) is 12.0. The van der Waals surface area contributed by atoms with Crippen molar-refractivity contribution in [2.75, 3.05) is 5.32 Å². The Morgan fingerprint density at radius 3 is 2.78 bits per heavy atom. The van der Waals surface area contributed by atoms with Crippen LogP contribution in [0.3, 0.4) is 0 Å². The second-order valence-corrected chi connectivity index (χ2v) is 5.53. The number of carbonyl (C=O) groups excluding carboxylic acids is 1. The minimum Gasteiger partial charge on any atom is -0.408 e. The number of oxazole rings is 1. The molecule has 7 heteroatoms. The van der Waals surface area contributed by atoms with Gasteiger partial charge in [-0.3, -0.25) is 9.78 Å². The van der Waals surface area contributed by atoms with E-state index in [4.69, 9.17) is 16.0 Å². The molecule has 0 aliphatic heterocycles. The molecule has 4 rings (SSSR count). The molecule has 0 atom stereocenters. The molecule has 0 aliphatic carbocycles. The number of fused-ring (bicyclic) bond motifs is 2. The minimum absolute atomic E-state index is 0.289. The van der Waals surface area contributed by atoms with Crippen molar-refractivity contribution in [3.8, 4) is 0 Å². The van der Waals surface area contributed by atoms with Gasteiger partial charge in [0.15, 0.2) is 5.58 Å². The van der Waals surface area contributed by atoms with Crippen LogP contribution in [0.15, 0.2) is 51.7 Å². The molecule has 3 N–H and O–H groups in total. The molecule has 2 aromatic carbocycles. The normalized spacial score (nSPS) is 11.2. The summed E-state index contributed by atoms with van der Waals surface area (Å²) < 4.78 is 4.92. The molecular weight excluding hydrogens is 318 g/mol. The summed E-state index contributed by atoms with van der Waals surface area (Å²) in [5, 5.41) is 4.24. The summed E-state index contributed by atoms with van der Waals surface area (Å²) in [4.78, 5) is 29.1. The first-order valence-electron chi connectivity index (χ1n) is 6.81. The summed E-state index contributed by atoms with van der Waals surface area (Å²) in [5.41, 5.74) is 2.76. The Balaban J connectivity index is 1.65. The summed E-state index contributed by atoms with van der Waals surface area (Å²) in [6.45, 7) is 0. The molecule has 2 aromatic heterocycles. The van der Waals surface area contributed by atoms with Crippen molar-refractivity contribution < 1.29 is 9.21 Å². The fraction of sp³-hybridized carbons (Fsp3) is 0. The molecule has 0 bridgehead atoms. The van der Waals surface area contributed by atoms with Crippen molar-refractivity contribution in [1.82, 2.24) is 9.97 Å². The van der Waals surface area contributed by atoms with Crippen molar-refractivity contribution in [2.24, 2.45) is 0 Å². The Hall–Kier alpha value is -2.99. The van der Waals surface area contributed by atoms with E-state index in [1.807, 2.05) is 6.07 Å². The van der Waals surface area contributed by atoms with Gasteiger partial charge in [-0.15, -0.1) is 0 Å². The van der Waals surface area contributed by atoms with Crippen LogP contribution in [0, 0.1) is 0 Å². The number of aromatic amines is 2. The van der Waals surface area contributed by atoms with Gasteiger partial charge in [0.05, 0.1) is 5.52 Å². The maximum absolute atomic E-state index is 12.3. The Labute approximate surface area is 134 Å². The van der Waals surface area contributed by atoms with E-state index in [1.165, 1.54) is 0 Å². The van der Waals surface area contributed by atoms with Gasteiger partial charge in [0.1, 0.15) is 5.69 Å². The number of hydrogen-bond acceptors (Lipinski definition) is 3. The molecule has 2 heterocycles. The molecule has 6 nitrogen and oxygen atoms in total. The second-order valence-electron chi connectivity index (χ2n) is 5.09. The average molecular weight is 328 g/mol. The van der Waals surface area contributed by atoms with Gasteiger partial charge in [0.2, 0.25) is 0 Å². The third kappa shape index (κ3) is 2.49. The monoisotopic (exact) mass is 327 g/mol. The molecule has 23 heavy (non-hydrogen) atoms. The summed E-state index contributed by atoms with van der Waals surface area (Å²) in [7, 11) is 0. The van der Waals surface area contributed by atoms with Crippen molar-refractivity contribution in [2.45, 2.75) is 0 Å². The van der Waals surface area contributed by atoms with E-state index in [9.17, 15) is 9.59 Å². The minimum atomic E-state index is -0.532. The van der Waals surface area contributed by atoms with E-state index in [-0.39, 0.29) is 5.91 Å². The zero-order valence-electron chi connectivity index (χ0n) is 11.6. The lowest BCUT2D eigenvalue weighted by atomic mass is 10.2. The average Bonchev–Trinajstić information content (AvgIpc) is 3.08. The molecule has 114 valence electrons. The van der Waals surface area contributed by atoms with Crippen LogP contribution in [0.5, 0.6) is 0 Å². The van der Waals surface area contributed by atoms with Crippen LogP contribution in [0.2, 0.25) is 5.02 Å². The lowest BCUT2D eigenvalue weighted by molar-refractivity contribution is 0.102. The van der Waals surface area contributed by atoms with E-state index < -0.39 is 5.76 Å². The number of rotatable bonds is 2. The molecular formula is C16H10ClN3O3. The van der Waals surface area contributed by atoms with E-state index in [2.05, 4.69) is 15.3 Å². The van der Waals surface area contributed by atoms with Crippen LogP contribution in [0.25, 0.3) is 22.0 Å². The highest BCUT2D eigenvalue weighted by molar-refractivity contribution is 6.31. The Morgan fingerprint density at radius 2 is 1.91 bits per heavy atom. The second kappa shape index (κ2) is 5.03. The number of nitrogens with one attached hydrogen (secondary N) is 3. The van der Waals surface area contributed by atoms with Gasteiger partial charge in [0.25, 0.3) is 5.91 Å². The highest BCUT2D eigenvalue weighted by Crippen LogP contribution is 2.21. The number of halogens is 1. The number of anilines is 1. The molecule has 0 unspecified atom stereocenters. The predicted octanol–water partition coefficient (Wildman–Crippen LogP) is 3.51. The molecule has 0 radical (unpaired) electrons. The van der Waals surface area contributed by atoms with E-state index >= 15 is 0 Å². The van der Waals surface area contributed by atoms with Crippen LogP contribution < -0.4 is 11.1 Å². The van der Waals surface area contributed by atoms with Crippen LogP contribution >= 0.6 is 11.6 Å².